The predicted molar refractivity (Wildman–Crippen MR) is 63.7 cm³/mol. The molecule has 0 spiro atoms. The first-order valence-corrected chi connectivity index (χ1v) is 5.86. The Morgan fingerprint density at radius 3 is 2.81 bits per heavy atom. The molecule has 3 N–H and O–H groups in total. The molecule has 0 amide bonds. The standard InChI is InChI=1S/C12H16ClNO2/c13-10-3-9(12(14)6-15)4-11(5-10)16-7-8-1-2-8/h3-5,8,12,15H,1-2,6-7,14H2. The minimum atomic E-state index is -0.401. The summed E-state index contributed by atoms with van der Waals surface area (Å²) >= 11 is 5.96. The van der Waals surface area contributed by atoms with Gasteiger partial charge in [-0.05, 0) is 42.5 Å². The fraction of sp³-hybridized carbons (Fsp3) is 0.500. The summed E-state index contributed by atoms with van der Waals surface area (Å²) in [6.45, 7) is 0.649. The fourth-order valence-electron chi connectivity index (χ4n) is 1.49. The number of aliphatic hydroxyl groups excluding tert-OH is 1. The van der Waals surface area contributed by atoms with Gasteiger partial charge in [-0.2, -0.15) is 0 Å². The lowest BCUT2D eigenvalue weighted by atomic mass is 10.1. The van der Waals surface area contributed by atoms with Gasteiger partial charge in [0.05, 0.1) is 19.3 Å². The number of benzene rings is 1. The van der Waals surface area contributed by atoms with Gasteiger partial charge < -0.3 is 15.6 Å². The molecule has 1 unspecified atom stereocenters. The zero-order chi connectivity index (χ0) is 11.5. The molecule has 88 valence electrons. The van der Waals surface area contributed by atoms with Crippen LogP contribution in [0.1, 0.15) is 24.4 Å². The average Bonchev–Trinajstić information content (AvgIpc) is 3.08. The zero-order valence-electron chi connectivity index (χ0n) is 9.03. The minimum Gasteiger partial charge on any atom is -0.493 e. The van der Waals surface area contributed by atoms with E-state index < -0.39 is 6.04 Å². The molecule has 0 aliphatic heterocycles. The number of aliphatic hydroxyl groups is 1. The summed E-state index contributed by atoms with van der Waals surface area (Å²) in [7, 11) is 0. The molecule has 1 saturated carbocycles. The van der Waals surface area contributed by atoms with E-state index in [4.69, 9.17) is 27.2 Å². The maximum Gasteiger partial charge on any atom is 0.121 e. The first-order valence-electron chi connectivity index (χ1n) is 5.49. The largest absolute Gasteiger partial charge is 0.493 e. The summed E-state index contributed by atoms with van der Waals surface area (Å²) in [4.78, 5) is 0. The van der Waals surface area contributed by atoms with Crippen molar-refractivity contribution in [1.29, 1.82) is 0 Å². The third-order valence-corrected chi connectivity index (χ3v) is 2.92. The van der Waals surface area contributed by atoms with Crippen LogP contribution in [-0.2, 0) is 0 Å². The van der Waals surface area contributed by atoms with Crippen LogP contribution in [0.5, 0.6) is 5.75 Å². The number of rotatable bonds is 5. The van der Waals surface area contributed by atoms with Crippen LogP contribution >= 0.6 is 11.6 Å². The summed E-state index contributed by atoms with van der Waals surface area (Å²) in [5.41, 5.74) is 6.54. The molecule has 0 aromatic heterocycles. The zero-order valence-corrected chi connectivity index (χ0v) is 9.78. The first-order chi connectivity index (χ1) is 7.69. The Morgan fingerprint density at radius 1 is 1.44 bits per heavy atom. The highest BCUT2D eigenvalue weighted by Crippen LogP contribution is 2.31. The van der Waals surface area contributed by atoms with Gasteiger partial charge in [0.2, 0.25) is 0 Å². The molecule has 3 nitrogen and oxygen atoms in total. The van der Waals surface area contributed by atoms with E-state index in [0.29, 0.717) is 10.9 Å². The van der Waals surface area contributed by atoms with Crippen molar-refractivity contribution in [1.82, 2.24) is 0 Å². The van der Waals surface area contributed by atoms with Crippen LogP contribution in [-0.4, -0.2) is 18.3 Å². The molecule has 1 fully saturated rings. The van der Waals surface area contributed by atoms with Crippen molar-refractivity contribution in [3.63, 3.8) is 0 Å². The van der Waals surface area contributed by atoms with Gasteiger partial charge in [0, 0.05) is 5.02 Å². The Balaban J connectivity index is 2.07. The Hall–Kier alpha value is -0.770. The monoisotopic (exact) mass is 241 g/mol. The molecule has 1 aliphatic rings. The third kappa shape index (κ3) is 3.11. The number of halogens is 1. The van der Waals surface area contributed by atoms with Crippen LogP contribution in [0.3, 0.4) is 0 Å². The highest BCUT2D eigenvalue weighted by atomic mass is 35.5. The fourth-order valence-corrected chi connectivity index (χ4v) is 1.72. The Labute approximate surface area is 100 Å². The van der Waals surface area contributed by atoms with Crippen molar-refractivity contribution < 1.29 is 9.84 Å². The molecule has 1 aromatic carbocycles. The smallest absolute Gasteiger partial charge is 0.121 e. The van der Waals surface area contributed by atoms with Gasteiger partial charge in [0.25, 0.3) is 0 Å². The molecule has 2 rings (SSSR count). The summed E-state index contributed by atoms with van der Waals surface area (Å²) in [5, 5.41) is 9.58. The highest BCUT2D eigenvalue weighted by molar-refractivity contribution is 6.30. The van der Waals surface area contributed by atoms with Crippen LogP contribution in [0.25, 0.3) is 0 Å². The third-order valence-electron chi connectivity index (χ3n) is 2.70. The molecule has 0 bridgehead atoms. The Bertz CT molecular complexity index is 366. The Kier molecular flexibility index (Phi) is 3.69. The van der Waals surface area contributed by atoms with Crippen molar-refractivity contribution in [3.05, 3.63) is 28.8 Å². The van der Waals surface area contributed by atoms with Crippen LogP contribution in [0.2, 0.25) is 5.02 Å². The van der Waals surface area contributed by atoms with Crippen LogP contribution in [0.4, 0.5) is 0 Å². The molecular formula is C12H16ClNO2. The van der Waals surface area contributed by atoms with Gasteiger partial charge in [0.1, 0.15) is 5.75 Å². The first kappa shape index (κ1) is 11.7. The molecule has 0 radical (unpaired) electrons. The summed E-state index contributed by atoms with van der Waals surface area (Å²) in [6.07, 6.45) is 2.51. The number of nitrogens with two attached hydrogens (primary N) is 1. The van der Waals surface area contributed by atoms with Crippen LogP contribution in [0, 0.1) is 5.92 Å². The van der Waals surface area contributed by atoms with Crippen molar-refractivity contribution >= 4 is 11.6 Å². The maximum atomic E-state index is 8.99. The van der Waals surface area contributed by atoms with Gasteiger partial charge in [-0.3, -0.25) is 0 Å². The molecule has 1 atom stereocenters. The van der Waals surface area contributed by atoms with Crippen molar-refractivity contribution in [2.75, 3.05) is 13.2 Å². The molecule has 4 heteroatoms. The Morgan fingerprint density at radius 2 is 2.19 bits per heavy atom. The van der Waals surface area contributed by atoms with E-state index in [2.05, 4.69) is 0 Å². The average molecular weight is 242 g/mol. The van der Waals surface area contributed by atoms with Gasteiger partial charge in [0.15, 0.2) is 0 Å². The van der Waals surface area contributed by atoms with Crippen molar-refractivity contribution in [3.8, 4) is 5.75 Å². The lowest BCUT2D eigenvalue weighted by molar-refractivity contribution is 0.267. The molecule has 1 aliphatic carbocycles. The van der Waals surface area contributed by atoms with Gasteiger partial charge in [-0.1, -0.05) is 11.6 Å². The van der Waals surface area contributed by atoms with Gasteiger partial charge in [-0.15, -0.1) is 0 Å². The summed E-state index contributed by atoms with van der Waals surface area (Å²) in [6, 6.07) is 4.97. The second-order valence-corrected chi connectivity index (χ2v) is 4.70. The second kappa shape index (κ2) is 5.04. The van der Waals surface area contributed by atoms with E-state index in [-0.39, 0.29) is 6.61 Å². The maximum absolute atomic E-state index is 8.99. The van der Waals surface area contributed by atoms with E-state index in [1.807, 2.05) is 6.07 Å². The quantitative estimate of drug-likeness (QED) is 0.830. The molecule has 16 heavy (non-hydrogen) atoms. The number of ether oxygens (including phenoxy) is 1. The summed E-state index contributed by atoms with van der Waals surface area (Å²) < 4.78 is 5.62. The second-order valence-electron chi connectivity index (χ2n) is 4.26. The number of hydrogen-bond donors (Lipinski definition) is 2. The molecule has 0 saturated heterocycles. The molecule has 0 heterocycles. The number of hydrogen-bond acceptors (Lipinski definition) is 3. The van der Waals surface area contributed by atoms with Gasteiger partial charge >= 0.3 is 0 Å². The molecular weight excluding hydrogens is 226 g/mol. The lowest BCUT2D eigenvalue weighted by Gasteiger charge is -2.12. The van der Waals surface area contributed by atoms with Crippen molar-refractivity contribution in [2.45, 2.75) is 18.9 Å². The molecule has 1 aromatic rings. The summed E-state index contributed by atoms with van der Waals surface area (Å²) in [5.74, 6) is 1.44. The SMILES string of the molecule is NC(CO)c1cc(Cl)cc(OCC2CC2)c1. The van der Waals surface area contributed by atoms with Gasteiger partial charge in [-0.25, -0.2) is 0 Å². The topological polar surface area (TPSA) is 55.5 Å². The highest BCUT2D eigenvalue weighted by Gasteiger charge is 2.22. The van der Waals surface area contributed by atoms with E-state index in [1.165, 1.54) is 12.8 Å². The van der Waals surface area contributed by atoms with E-state index in [1.54, 1.807) is 12.1 Å². The van der Waals surface area contributed by atoms with E-state index in [9.17, 15) is 0 Å². The minimum absolute atomic E-state index is 0.0948. The van der Waals surface area contributed by atoms with Crippen molar-refractivity contribution in [2.24, 2.45) is 11.7 Å². The lowest BCUT2D eigenvalue weighted by Crippen LogP contribution is -2.14. The van der Waals surface area contributed by atoms with E-state index >= 15 is 0 Å². The van der Waals surface area contributed by atoms with Crippen LogP contribution in [0.15, 0.2) is 18.2 Å². The van der Waals surface area contributed by atoms with E-state index in [0.717, 1.165) is 17.9 Å². The predicted octanol–water partition coefficient (Wildman–Crippen LogP) is 2.12. The normalized spacial score (nSPS) is 17.2. The van der Waals surface area contributed by atoms with Crippen LogP contribution < -0.4 is 10.5 Å².